The van der Waals surface area contributed by atoms with Crippen molar-refractivity contribution in [2.24, 2.45) is 0 Å². The quantitative estimate of drug-likeness (QED) is 0.0211. The second-order valence-corrected chi connectivity index (χ2v) is 20.9. The molecule has 0 saturated heterocycles. The number of ether oxygens (including phenoxy) is 4. The first-order valence-electron chi connectivity index (χ1n) is 29.8. The van der Waals surface area contributed by atoms with Gasteiger partial charge in [-0.25, -0.2) is 4.79 Å². The van der Waals surface area contributed by atoms with Crippen LogP contribution in [-0.4, -0.2) is 87.4 Å². The van der Waals surface area contributed by atoms with Crippen molar-refractivity contribution in [1.82, 2.24) is 0 Å². The molecule has 0 fully saturated rings. The predicted octanol–water partition coefficient (Wildman–Crippen LogP) is 17.6. The van der Waals surface area contributed by atoms with Crippen LogP contribution in [0.3, 0.4) is 0 Å². The van der Waals surface area contributed by atoms with Gasteiger partial charge in [0.2, 0.25) is 0 Å². The van der Waals surface area contributed by atoms with Crippen molar-refractivity contribution >= 4 is 17.9 Å². The number of carboxylic acids is 1. The molecule has 2 unspecified atom stereocenters. The molecule has 0 aliphatic rings. The number of rotatable bonds is 54. The zero-order valence-corrected chi connectivity index (χ0v) is 47.8. The van der Waals surface area contributed by atoms with E-state index >= 15 is 0 Å². The number of hydrogen-bond donors (Lipinski definition) is 1. The fourth-order valence-corrected chi connectivity index (χ4v) is 8.07. The summed E-state index contributed by atoms with van der Waals surface area (Å²) in [6.07, 6.45) is 69.4. The maximum atomic E-state index is 12.9. The van der Waals surface area contributed by atoms with Crippen LogP contribution in [0.5, 0.6) is 0 Å². The van der Waals surface area contributed by atoms with Crippen LogP contribution >= 0.6 is 0 Å². The molecule has 0 aliphatic carbocycles. The predicted molar refractivity (Wildman–Crippen MR) is 309 cm³/mol. The molecule has 2 atom stereocenters. The highest BCUT2D eigenvalue weighted by Gasteiger charge is 2.25. The number of nitrogens with zero attached hydrogens (tertiary/aromatic N) is 1. The lowest BCUT2D eigenvalue weighted by atomic mass is 10.0. The van der Waals surface area contributed by atoms with E-state index in [-0.39, 0.29) is 32.2 Å². The zero-order valence-electron chi connectivity index (χ0n) is 47.8. The Morgan fingerprint density at radius 3 is 1.16 bits per heavy atom. The average Bonchev–Trinajstić information content (AvgIpc) is 3.36. The SMILES string of the molecule is CC/C=C\C/C=C\C/C=C\C/C=C\C/C=C\CCCCCCCCCCCCCC(=O)OC(COC(=O)CCCCCCCCCCC/C=C\C/C=C\CCCCCCC)COC(OCC[N+](C)(C)C)C(=O)O. The number of esters is 2. The lowest BCUT2D eigenvalue weighted by molar-refractivity contribution is -0.870. The van der Waals surface area contributed by atoms with Crippen molar-refractivity contribution in [3.63, 3.8) is 0 Å². The fourth-order valence-electron chi connectivity index (χ4n) is 8.07. The molecule has 0 aromatic heterocycles. The number of carbonyl (C=O) groups is 3. The smallest absolute Gasteiger partial charge is 0.361 e. The van der Waals surface area contributed by atoms with Crippen molar-refractivity contribution < 1.29 is 42.9 Å². The molecule has 0 amide bonds. The molecule has 0 aromatic carbocycles. The summed E-state index contributed by atoms with van der Waals surface area (Å²) in [5, 5.41) is 9.71. The van der Waals surface area contributed by atoms with Gasteiger partial charge in [0.15, 0.2) is 6.10 Å². The van der Waals surface area contributed by atoms with Gasteiger partial charge < -0.3 is 28.5 Å². The van der Waals surface area contributed by atoms with Crippen molar-refractivity contribution in [2.45, 2.75) is 257 Å². The largest absolute Gasteiger partial charge is 0.477 e. The highest BCUT2D eigenvalue weighted by Crippen LogP contribution is 2.16. The first kappa shape index (κ1) is 69.5. The summed E-state index contributed by atoms with van der Waals surface area (Å²) >= 11 is 0. The van der Waals surface area contributed by atoms with Gasteiger partial charge in [-0.05, 0) is 89.9 Å². The minimum absolute atomic E-state index is 0.183. The molecule has 1 N–H and O–H groups in total. The van der Waals surface area contributed by atoms with E-state index in [9.17, 15) is 19.5 Å². The molecule has 0 heterocycles. The summed E-state index contributed by atoms with van der Waals surface area (Å²) < 4.78 is 22.9. The van der Waals surface area contributed by atoms with Gasteiger partial charge in [-0.15, -0.1) is 0 Å². The van der Waals surface area contributed by atoms with Crippen LogP contribution < -0.4 is 0 Å². The second kappa shape index (κ2) is 54.7. The normalized spacial score (nSPS) is 13.4. The third kappa shape index (κ3) is 56.0. The first-order valence-corrected chi connectivity index (χ1v) is 29.8. The average molecular weight is 1020 g/mol. The zero-order chi connectivity index (χ0) is 53.4. The number of likely N-dealkylation sites (N-methyl/N-ethyl adjacent to an activating group) is 1. The molecule has 0 aliphatic heterocycles. The number of hydrogen-bond acceptors (Lipinski definition) is 7. The molecular weight excluding hydrogens is 911 g/mol. The Bertz CT molecular complexity index is 1470. The number of aliphatic carboxylic acids is 1. The van der Waals surface area contributed by atoms with Crippen LogP contribution in [0.25, 0.3) is 0 Å². The van der Waals surface area contributed by atoms with Crippen molar-refractivity contribution in [1.29, 1.82) is 0 Å². The van der Waals surface area contributed by atoms with Crippen molar-refractivity contribution in [2.75, 3.05) is 47.5 Å². The number of carbonyl (C=O) groups excluding carboxylic acids is 2. The summed E-state index contributed by atoms with van der Waals surface area (Å²) in [5.41, 5.74) is 0. The summed E-state index contributed by atoms with van der Waals surface area (Å²) in [7, 11) is 5.96. The first-order chi connectivity index (χ1) is 35.6. The topological polar surface area (TPSA) is 108 Å². The summed E-state index contributed by atoms with van der Waals surface area (Å²) in [6, 6.07) is 0. The number of carboxylic acid groups (broad SMARTS) is 1. The molecule has 0 bridgehead atoms. The van der Waals surface area contributed by atoms with E-state index < -0.39 is 24.3 Å². The number of allylic oxidation sites excluding steroid dienone is 14. The minimum atomic E-state index is -1.52. The summed E-state index contributed by atoms with van der Waals surface area (Å²) in [5.74, 6) is -2.01. The van der Waals surface area contributed by atoms with E-state index in [1.165, 1.54) is 135 Å². The monoisotopic (exact) mass is 1020 g/mol. The van der Waals surface area contributed by atoms with Crippen LogP contribution in [0.4, 0.5) is 0 Å². The molecule has 0 radical (unpaired) electrons. The van der Waals surface area contributed by atoms with Crippen LogP contribution in [0.2, 0.25) is 0 Å². The number of unbranched alkanes of at least 4 members (excludes halogenated alkanes) is 25. The van der Waals surface area contributed by atoms with Crippen LogP contribution in [-0.2, 0) is 33.3 Å². The minimum Gasteiger partial charge on any atom is -0.477 e. The van der Waals surface area contributed by atoms with Crippen molar-refractivity contribution in [3.8, 4) is 0 Å². The van der Waals surface area contributed by atoms with Gasteiger partial charge in [0.1, 0.15) is 13.2 Å². The van der Waals surface area contributed by atoms with Gasteiger partial charge in [-0.3, -0.25) is 9.59 Å². The molecular formula is C64H112NO8+. The Kier molecular flexibility index (Phi) is 52.1. The highest BCUT2D eigenvalue weighted by molar-refractivity contribution is 5.71. The Morgan fingerprint density at radius 1 is 0.425 bits per heavy atom. The summed E-state index contributed by atoms with van der Waals surface area (Å²) in [4.78, 5) is 37.5. The van der Waals surface area contributed by atoms with Crippen LogP contribution in [0, 0.1) is 0 Å². The maximum Gasteiger partial charge on any atom is 0.361 e. The lowest BCUT2D eigenvalue weighted by Gasteiger charge is -2.25. The summed E-state index contributed by atoms with van der Waals surface area (Å²) in [6.45, 7) is 4.76. The standard InChI is InChI=1S/C64H111NO8/c1-6-8-10-12-14-16-18-20-22-24-26-28-29-30-31-32-33-35-37-39-41-43-45-47-49-51-53-55-62(67)73-60(59-72-64(63(68)69)70-57-56-65(3,4)5)58-71-61(66)54-52-50-48-46-44-42-40-38-36-34-27-25-23-21-19-17-15-13-11-9-7-2/h8,10,14,16,19-22,25-28,30-31,60,64H,6-7,9,11-13,15,17-18,23-24,29,32-59H2,1-5H3/p+1/b10-8-,16-14-,21-19-,22-20-,27-25-,28-26-,31-30-. The number of quaternary nitrogens is 1. The third-order valence-corrected chi connectivity index (χ3v) is 12.6. The van der Waals surface area contributed by atoms with E-state index in [0.29, 0.717) is 23.9 Å². The fraction of sp³-hybridized carbons (Fsp3) is 0.734. The Hall–Kier alpha value is -3.53. The lowest BCUT2D eigenvalue weighted by Crippen LogP contribution is -2.40. The molecule has 420 valence electrons. The molecule has 9 nitrogen and oxygen atoms in total. The Morgan fingerprint density at radius 2 is 0.781 bits per heavy atom. The van der Waals surface area contributed by atoms with E-state index in [2.05, 4.69) is 98.9 Å². The molecule has 9 heteroatoms. The van der Waals surface area contributed by atoms with Crippen molar-refractivity contribution in [3.05, 3.63) is 85.1 Å². The molecule has 0 rings (SSSR count). The van der Waals surface area contributed by atoms with E-state index in [1.54, 1.807) is 0 Å². The van der Waals surface area contributed by atoms with Crippen LogP contribution in [0.1, 0.15) is 245 Å². The third-order valence-electron chi connectivity index (χ3n) is 12.6. The van der Waals surface area contributed by atoms with Gasteiger partial charge in [-0.1, -0.05) is 227 Å². The molecule has 0 spiro atoms. The molecule has 73 heavy (non-hydrogen) atoms. The Balaban J connectivity index is 4.25. The van der Waals surface area contributed by atoms with Gasteiger partial charge in [0.05, 0.1) is 34.4 Å². The van der Waals surface area contributed by atoms with E-state index in [0.717, 1.165) is 77.0 Å². The van der Waals surface area contributed by atoms with Gasteiger partial charge in [0.25, 0.3) is 6.29 Å². The Labute approximate surface area is 449 Å². The maximum absolute atomic E-state index is 12.9. The highest BCUT2D eigenvalue weighted by atomic mass is 16.7. The van der Waals surface area contributed by atoms with Gasteiger partial charge in [-0.2, -0.15) is 0 Å². The van der Waals surface area contributed by atoms with Gasteiger partial charge in [0, 0.05) is 12.8 Å². The van der Waals surface area contributed by atoms with Gasteiger partial charge >= 0.3 is 17.9 Å². The molecule has 0 aromatic rings. The molecule has 0 saturated carbocycles. The van der Waals surface area contributed by atoms with Crippen LogP contribution in [0.15, 0.2) is 85.1 Å². The second-order valence-electron chi connectivity index (χ2n) is 20.9. The van der Waals surface area contributed by atoms with E-state index in [1.807, 2.05) is 21.1 Å². The van der Waals surface area contributed by atoms with E-state index in [4.69, 9.17) is 18.9 Å².